The van der Waals surface area contributed by atoms with Crippen LogP contribution in [0.4, 0.5) is 17.1 Å². The molecule has 2 bridgehead atoms. The number of nitrogens with zero attached hydrogens (tertiary/aromatic N) is 1. The van der Waals surface area contributed by atoms with Crippen LogP contribution in [-0.4, -0.2) is 0 Å². The summed E-state index contributed by atoms with van der Waals surface area (Å²) in [6.45, 7) is 0. The number of fused-ring (bicyclic) bond motifs is 11. The van der Waals surface area contributed by atoms with Gasteiger partial charge in [-0.2, -0.15) is 0 Å². The lowest BCUT2D eigenvalue weighted by Gasteiger charge is -2.36. The summed E-state index contributed by atoms with van der Waals surface area (Å²) < 4.78 is 2.65. The van der Waals surface area contributed by atoms with Crippen LogP contribution in [0.25, 0.3) is 53.6 Å². The fourth-order valence-corrected chi connectivity index (χ4v) is 11.3. The third-order valence-electron chi connectivity index (χ3n) is 12.3. The SMILES string of the molecule is c1ccc(-c2ccc(N(c3ccc4c(c3)-c3ccccc3C43CC4CCC3C4)c3ccc4c(c3)sc3ccccc34)c(-c3ccccc3)c2)cc1. The van der Waals surface area contributed by atoms with E-state index in [1.54, 1.807) is 11.1 Å². The average molecular weight is 672 g/mol. The number of hydrogen-bond donors (Lipinski definition) is 0. The zero-order chi connectivity index (χ0) is 33.5. The summed E-state index contributed by atoms with van der Waals surface area (Å²) in [6.07, 6.45) is 5.43. The maximum atomic E-state index is 2.52. The van der Waals surface area contributed by atoms with Crippen LogP contribution in [0.3, 0.4) is 0 Å². The second-order valence-electron chi connectivity index (χ2n) is 14.9. The topological polar surface area (TPSA) is 3.24 Å². The summed E-state index contributed by atoms with van der Waals surface area (Å²) >= 11 is 1.89. The number of benzene rings is 7. The van der Waals surface area contributed by atoms with Gasteiger partial charge in [-0.1, -0.05) is 128 Å². The van der Waals surface area contributed by atoms with E-state index in [4.69, 9.17) is 0 Å². The summed E-state index contributed by atoms with van der Waals surface area (Å²) in [7, 11) is 0. The van der Waals surface area contributed by atoms with E-state index in [0.717, 1.165) is 11.8 Å². The van der Waals surface area contributed by atoms with Crippen LogP contribution in [-0.2, 0) is 5.41 Å². The number of hydrogen-bond acceptors (Lipinski definition) is 2. The van der Waals surface area contributed by atoms with Gasteiger partial charge in [0.1, 0.15) is 0 Å². The minimum atomic E-state index is 0.167. The molecule has 1 spiro atoms. The quantitative estimate of drug-likeness (QED) is 0.176. The highest BCUT2D eigenvalue weighted by Crippen LogP contribution is 2.66. The van der Waals surface area contributed by atoms with E-state index in [9.17, 15) is 0 Å². The van der Waals surface area contributed by atoms with Gasteiger partial charge in [-0.15, -0.1) is 11.3 Å². The molecule has 1 aromatic heterocycles. The van der Waals surface area contributed by atoms with Crippen LogP contribution >= 0.6 is 11.3 Å². The summed E-state index contributed by atoms with van der Waals surface area (Å²) in [4.78, 5) is 2.52. The maximum Gasteiger partial charge on any atom is 0.0540 e. The number of thiophene rings is 1. The van der Waals surface area contributed by atoms with Crippen molar-refractivity contribution in [3.05, 3.63) is 175 Å². The third-order valence-corrected chi connectivity index (χ3v) is 13.5. The molecule has 0 amide bonds. The Morgan fingerprint density at radius 3 is 2.02 bits per heavy atom. The van der Waals surface area contributed by atoms with Gasteiger partial charge in [-0.05, 0) is 113 Å². The van der Waals surface area contributed by atoms with E-state index in [-0.39, 0.29) is 5.41 Å². The molecule has 7 aromatic carbocycles. The molecule has 1 heterocycles. The zero-order valence-corrected chi connectivity index (χ0v) is 29.2. The molecule has 3 unspecified atom stereocenters. The molecule has 3 aliphatic rings. The Kier molecular flexibility index (Phi) is 6.48. The lowest BCUT2D eigenvalue weighted by atomic mass is 9.67. The minimum absolute atomic E-state index is 0.167. The Morgan fingerprint density at radius 2 is 1.20 bits per heavy atom. The molecule has 3 atom stereocenters. The van der Waals surface area contributed by atoms with Crippen molar-refractivity contribution in [1.29, 1.82) is 0 Å². The van der Waals surface area contributed by atoms with Crippen molar-refractivity contribution in [3.8, 4) is 33.4 Å². The van der Waals surface area contributed by atoms with Crippen LogP contribution in [0.5, 0.6) is 0 Å². The lowest BCUT2D eigenvalue weighted by molar-refractivity contribution is 0.327. The lowest BCUT2D eigenvalue weighted by Crippen LogP contribution is -2.31. The van der Waals surface area contributed by atoms with Crippen molar-refractivity contribution in [2.24, 2.45) is 11.8 Å². The highest BCUT2D eigenvalue weighted by atomic mass is 32.1. The second-order valence-corrected chi connectivity index (χ2v) is 16.0. The molecule has 0 N–H and O–H groups in total. The van der Waals surface area contributed by atoms with Crippen LogP contribution in [0.2, 0.25) is 0 Å². The van der Waals surface area contributed by atoms with Gasteiger partial charge in [0, 0.05) is 42.5 Å². The number of anilines is 3. The van der Waals surface area contributed by atoms with Crippen molar-refractivity contribution >= 4 is 48.6 Å². The molecule has 2 fully saturated rings. The molecule has 1 nitrogen and oxygen atoms in total. The molecule has 244 valence electrons. The Hall–Kier alpha value is -5.44. The first-order valence-corrected chi connectivity index (χ1v) is 19.3. The van der Waals surface area contributed by atoms with E-state index in [1.807, 2.05) is 11.3 Å². The van der Waals surface area contributed by atoms with Gasteiger partial charge in [0.25, 0.3) is 0 Å². The normalized spacial score (nSPS) is 19.9. The monoisotopic (exact) mass is 671 g/mol. The van der Waals surface area contributed by atoms with Gasteiger partial charge in [0.2, 0.25) is 0 Å². The zero-order valence-electron chi connectivity index (χ0n) is 28.4. The Morgan fingerprint density at radius 1 is 0.490 bits per heavy atom. The standard InChI is InChI=1S/C49H37NS/c1-3-11-33(12-4-1)35-20-26-46(42(28-35)34-13-5-2-6-14-34)50(38-22-24-41-40-16-8-10-18-47(40)51-48(41)30-38)37-23-25-45-43(29-37)39-15-7-9-17-44(39)49(45)31-32-19-21-36(49)27-32/h1-18,20,22-26,28-30,32,36H,19,21,27,31H2. The highest BCUT2D eigenvalue weighted by molar-refractivity contribution is 7.25. The maximum absolute atomic E-state index is 2.52. The second kappa shape index (κ2) is 11.3. The predicted octanol–water partition coefficient (Wildman–Crippen LogP) is 13.9. The van der Waals surface area contributed by atoms with Gasteiger partial charge in [-0.25, -0.2) is 0 Å². The Bertz CT molecular complexity index is 2620. The molecular formula is C49H37NS. The summed E-state index contributed by atoms with van der Waals surface area (Å²) in [5.74, 6) is 1.60. The average Bonchev–Trinajstić information content (AvgIpc) is 3.97. The molecular weight excluding hydrogens is 635 g/mol. The van der Waals surface area contributed by atoms with Gasteiger partial charge in [-0.3, -0.25) is 0 Å². The van der Waals surface area contributed by atoms with Crippen molar-refractivity contribution in [2.75, 3.05) is 4.90 Å². The summed E-state index contributed by atoms with van der Waals surface area (Å²) in [6, 6.07) is 61.4. The van der Waals surface area contributed by atoms with Crippen LogP contribution in [0, 0.1) is 11.8 Å². The van der Waals surface area contributed by atoms with Gasteiger partial charge in [0.05, 0.1) is 5.69 Å². The molecule has 2 heteroatoms. The fourth-order valence-electron chi connectivity index (χ4n) is 10.2. The van der Waals surface area contributed by atoms with Gasteiger partial charge in [0.15, 0.2) is 0 Å². The first-order chi connectivity index (χ1) is 25.2. The minimum Gasteiger partial charge on any atom is -0.310 e. The van der Waals surface area contributed by atoms with E-state index >= 15 is 0 Å². The molecule has 3 aliphatic carbocycles. The van der Waals surface area contributed by atoms with E-state index in [0.29, 0.717) is 0 Å². The van der Waals surface area contributed by atoms with Crippen molar-refractivity contribution in [2.45, 2.75) is 31.1 Å². The predicted molar refractivity (Wildman–Crippen MR) is 217 cm³/mol. The number of rotatable bonds is 5. The Labute approximate surface area is 303 Å². The summed E-state index contributed by atoms with van der Waals surface area (Å²) in [5, 5.41) is 2.65. The van der Waals surface area contributed by atoms with Crippen molar-refractivity contribution in [1.82, 2.24) is 0 Å². The smallest absolute Gasteiger partial charge is 0.0540 e. The summed E-state index contributed by atoms with van der Waals surface area (Å²) in [5.41, 5.74) is 14.6. The molecule has 8 aromatic rings. The molecule has 2 saturated carbocycles. The van der Waals surface area contributed by atoms with Crippen LogP contribution < -0.4 is 4.90 Å². The highest BCUT2D eigenvalue weighted by Gasteiger charge is 2.56. The molecule has 0 radical (unpaired) electrons. The van der Waals surface area contributed by atoms with Crippen molar-refractivity contribution in [3.63, 3.8) is 0 Å². The molecule has 11 rings (SSSR count). The first-order valence-electron chi connectivity index (χ1n) is 18.5. The molecule has 0 saturated heterocycles. The van der Waals surface area contributed by atoms with Crippen LogP contribution in [0.1, 0.15) is 36.8 Å². The van der Waals surface area contributed by atoms with Gasteiger partial charge >= 0.3 is 0 Å². The molecule has 0 aliphatic heterocycles. The van der Waals surface area contributed by atoms with E-state index in [2.05, 4.69) is 169 Å². The molecule has 51 heavy (non-hydrogen) atoms. The van der Waals surface area contributed by atoms with Crippen molar-refractivity contribution < 1.29 is 0 Å². The van der Waals surface area contributed by atoms with E-state index in [1.165, 1.54) is 96.3 Å². The van der Waals surface area contributed by atoms with Crippen LogP contribution in [0.15, 0.2) is 164 Å². The third kappa shape index (κ3) is 4.39. The Balaban J connectivity index is 1.16. The van der Waals surface area contributed by atoms with E-state index < -0.39 is 0 Å². The van der Waals surface area contributed by atoms with Gasteiger partial charge < -0.3 is 4.90 Å². The largest absolute Gasteiger partial charge is 0.310 e. The fraction of sp³-hybridized carbons (Fsp3) is 0.143. The first kappa shape index (κ1) is 29.3.